The Balaban J connectivity index is 1.73. The van der Waals surface area contributed by atoms with Crippen LogP contribution in [0.4, 0.5) is 0 Å². The zero-order valence-corrected chi connectivity index (χ0v) is 37.9. The fraction of sp³-hybridized carbons (Fsp3) is 0.698. The molecule has 4 rings (SSSR count). The van der Waals surface area contributed by atoms with Crippen molar-refractivity contribution in [1.82, 2.24) is 5.06 Å². The molecule has 11 atom stereocenters. The van der Waals surface area contributed by atoms with Crippen LogP contribution in [0.15, 0.2) is 24.3 Å². The SMILES string of the molecule is CC(=O)OC[C@H]1O[C@H](O[C@H]2[C@H](OC(C)=O)[C@@H](OC(C)=O)[C@H](Oc3ccc(C(C)ON4C(C)(C)CCCC4(C)C)cc3)O[C@@H]2COC(C)=O)[C@H](OC(C)=O)[C@@H](OC(C)=O)[C@@H]1OC(C)=O. The van der Waals surface area contributed by atoms with Crippen LogP contribution in [0.3, 0.4) is 0 Å². The third-order valence-electron chi connectivity index (χ3n) is 10.4. The van der Waals surface area contributed by atoms with Gasteiger partial charge in [0.1, 0.15) is 43.4 Å². The molecule has 0 amide bonds. The molecule has 3 saturated heterocycles. The van der Waals surface area contributed by atoms with Crippen molar-refractivity contribution in [3.63, 3.8) is 0 Å². The van der Waals surface area contributed by atoms with E-state index in [1.807, 2.05) is 6.92 Å². The molecule has 3 fully saturated rings. The summed E-state index contributed by atoms with van der Waals surface area (Å²) in [7, 11) is 0. The lowest BCUT2D eigenvalue weighted by molar-refractivity contribution is -0.354. The van der Waals surface area contributed by atoms with Crippen molar-refractivity contribution in [3.8, 4) is 5.75 Å². The molecule has 3 aliphatic heterocycles. The second-order valence-corrected chi connectivity index (χ2v) is 16.9. The third-order valence-corrected chi connectivity index (χ3v) is 10.4. The van der Waals surface area contributed by atoms with Gasteiger partial charge in [0.05, 0.1) is 0 Å². The zero-order valence-electron chi connectivity index (χ0n) is 37.9. The van der Waals surface area contributed by atoms with E-state index in [0.717, 1.165) is 73.3 Å². The molecular weight excluding hydrogens is 834 g/mol. The minimum atomic E-state index is -1.81. The molecule has 0 bridgehead atoms. The number of hydrogen-bond donors (Lipinski definition) is 0. The van der Waals surface area contributed by atoms with Crippen LogP contribution in [-0.4, -0.2) is 133 Å². The number of benzene rings is 1. The lowest BCUT2D eigenvalue weighted by Gasteiger charge is -2.52. The molecule has 3 heterocycles. The molecule has 0 aromatic heterocycles. The number of carbonyl (C=O) groups is 7. The van der Waals surface area contributed by atoms with Crippen molar-refractivity contribution >= 4 is 41.8 Å². The highest BCUT2D eigenvalue weighted by Gasteiger charge is 2.58. The average molecular weight is 896 g/mol. The number of esters is 7. The van der Waals surface area contributed by atoms with Crippen LogP contribution in [0.25, 0.3) is 0 Å². The highest BCUT2D eigenvalue weighted by Crippen LogP contribution is 2.41. The number of carbonyl (C=O) groups excluding carboxylic acids is 7. The first kappa shape index (κ1) is 50.8. The minimum absolute atomic E-state index is 0.196. The van der Waals surface area contributed by atoms with Gasteiger partial charge in [-0.1, -0.05) is 12.1 Å². The average Bonchev–Trinajstić information content (AvgIpc) is 3.15. The van der Waals surface area contributed by atoms with Gasteiger partial charge in [0.15, 0.2) is 30.7 Å². The normalized spacial score (nSPS) is 29.5. The first-order chi connectivity index (χ1) is 29.4. The lowest BCUT2D eigenvalue weighted by Crippen LogP contribution is -2.67. The molecule has 1 unspecified atom stereocenters. The van der Waals surface area contributed by atoms with E-state index in [2.05, 4.69) is 32.8 Å². The second-order valence-electron chi connectivity index (χ2n) is 16.9. The molecule has 352 valence electrons. The first-order valence-corrected chi connectivity index (χ1v) is 20.7. The summed E-state index contributed by atoms with van der Waals surface area (Å²) in [6, 6.07) is 6.89. The van der Waals surface area contributed by atoms with E-state index in [4.69, 9.17) is 56.9 Å². The molecule has 20 nitrogen and oxygen atoms in total. The Morgan fingerprint density at radius 1 is 0.571 bits per heavy atom. The minimum Gasteiger partial charge on any atom is -0.463 e. The third kappa shape index (κ3) is 14.0. The maximum absolute atomic E-state index is 12.8. The summed E-state index contributed by atoms with van der Waals surface area (Å²) in [5, 5.41) is 2.07. The fourth-order valence-corrected chi connectivity index (χ4v) is 8.00. The summed E-state index contributed by atoms with van der Waals surface area (Å²) in [4.78, 5) is 93.5. The van der Waals surface area contributed by atoms with Gasteiger partial charge in [-0.2, -0.15) is 5.06 Å². The zero-order chi connectivity index (χ0) is 47.0. The summed E-state index contributed by atoms with van der Waals surface area (Å²) < 4.78 is 63.6. The van der Waals surface area contributed by atoms with Crippen LogP contribution in [0, 0.1) is 0 Å². The van der Waals surface area contributed by atoms with E-state index in [1.165, 1.54) is 0 Å². The van der Waals surface area contributed by atoms with Crippen LogP contribution >= 0.6 is 0 Å². The van der Waals surface area contributed by atoms with Crippen molar-refractivity contribution in [3.05, 3.63) is 29.8 Å². The molecule has 3 aliphatic rings. The van der Waals surface area contributed by atoms with Crippen molar-refractivity contribution < 1.29 is 90.5 Å². The van der Waals surface area contributed by atoms with E-state index in [0.29, 0.717) is 0 Å². The highest BCUT2D eigenvalue weighted by atomic mass is 16.8. The van der Waals surface area contributed by atoms with Crippen LogP contribution in [0.2, 0.25) is 0 Å². The van der Waals surface area contributed by atoms with Crippen molar-refractivity contribution in [1.29, 1.82) is 0 Å². The Morgan fingerprint density at radius 2 is 0.968 bits per heavy atom. The maximum Gasteiger partial charge on any atom is 0.303 e. The number of hydroxylamine groups is 2. The summed E-state index contributed by atoms with van der Waals surface area (Å²) in [5.74, 6) is -5.65. The smallest absolute Gasteiger partial charge is 0.303 e. The Bertz CT molecular complexity index is 1780. The van der Waals surface area contributed by atoms with Crippen molar-refractivity contribution in [2.24, 2.45) is 0 Å². The molecule has 0 N–H and O–H groups in total. The van der Waals surface area contributed by atoms with Gasteiger partial charge in [-0.3, -0.25) is 38.4 Å². The van der Waals surface area contributed by atoms with Gasteiger partial charge in [0, 0.05) is 59.5 Å². The Morgan fingerprint density at radius 3 is 1.43 bits per heavy atom. The Kier molecular flexibility index (Phi) is 17.4. The predicted molar refractivity (Wildman–Crippen MR) is 214 cm³/mol. The molecule has 0 saturated carbocycles. The number of rotatable bonds is 16. The summed E-state index contributed by atoms with van der Waals surface area (Å²) in [6.45, 7) is 17.0. The molecule has 20 heteroatoms. The lowest BCUT2D eigenvalue weighted by atomic mass is 9.82. The first-order valence-electron chi connectivity index (χ1n) is 20.7. The molecule has 1 aromatic rings. The molecule has 1 aromatic carbocycles. The van der Waals surface area contributed by atoms with E-state index < -0.39 is 116 Å². The van der Waals surface area contributed by atoms with Crippen LogP contribution < -0.4 is 4.74 Å². The van der Waals surface area contributed by atoms with Gasteiger partial charge in [-0.05, 0) is 71.6 Å². The standard InChI is InChI=1S/C43H61NO19/c1-22(63-44-42(9,10)18-13-19-43(44,11)12)30-14-16-31(17-15-30)59-40-38(57-28(7)50)37(56-27(6)49)35(33(60-40)21-53-24(3)46)62-41-39(58-29(8)51)36(55-26(5)48)34(54-25(4)47)32(61-41)20-52-23(2)45/h14-17,22,32-41H,13,18-21H2,1-12H3/t22?,32-,33-,34-,35-,36+,37+,38-,39-,40-,41-/m1/s1. The predicted octanol–water partition coefficient (Wildman–Crippen LogP) is 3.72. The van der Waals surface area contributed by atoms with Crippen LogP contribution in [-0.2, 0) is 85.8 Å². The van der Waals surface area contributed by atoms with Gasteiger partial charge in [0.25, 0.3) is 0 Å². The largest absolute Gasteiger partial charge is 0.463 e. The monoisotopic (exact) mass is 895 g/mol. The van der Waals surface area contributed by atoms with Gasteiger partial charge in [-0.25, -0.2) is 0 Å². The van der Waals surface area contributed by atoms with Crippen molar-refractivity contribution in [2.75, 3.05) is 13.2 Å². The topological polar surface area (TPSA) is 233 Å². The Labute approximate surface area is 366 Å². The van der Waals surface area contributed by atoms with E-state index >= 15 is 0 Å². The number of hydrogen-bond acceptors (Lipinski definition) is 20. The maximum atomic E-state index is 12.8. The van der Waals surface area contributed by atoms with Crippen molar-refractivity contribution in [2.45, 2.75) is 181 Å². The van der Waals surface area contributed by atoms with Gasteiger partial charge < -0.3 is 52.1 Å². The van der Waals surface area contributed by atoms with Crippen LogP contribution in [0.5, 0.6) is 5.75 Å². The van der Waals surface area contributed by atoms with Gasteiger partial charge in [0.2, 0.25) is 12.4 Å². The second kappa shape index (κ2) is 21.7. The summed E-state index contributed by atoms with van der Waals surface area (Å²) >= 11 is 0. The van der Waals surface area contributed by atoms with E-state index in [-0.39, 0.29) is 22.9 Å². The summed E-state index contributed by atoms with van der Waals surface area (Å²) in [6.07, 6.45) is -13.2. The van der Waals surface area contributed by atoms with E-state index in [1.54, 1.807) is 24.3 Å². The Hall–Kier alpha value is -4.89. The molecular formula is C43H61NO19. The van der Waals surface area contributed by atoms with E-state index in [9.17, 15) is 33.6 Å². The fourth-order valence-electron chi connectivity index (χ4n) is 8.00. The van der Waals surface area contributed by atoms with Gasteiger partial charge >= 0.3 is 41.8 Å². The number of piperidine rings is 1. The number of nitrogens with zero attached hydrogens (tertiary/aromatic N) is 1. The number of ether oxygens (including phenoxy) is 11. The molecule has 0 spiro atoms. The summed E-state index contributed by atoms with van der Waals surface area (Å²) in [5.41, 5.74) is 0.431. The molecule has 0 aliphatic carbocycles. The quantitative estimate of drug-likeness (QED) is 0.170. The highest BCUT2D eigenvalue weighted by molar-refractivity contribution is 5.69. The van der Waals surface area contributed by atoms with Gasteiger partial charge in [-0.15, -0.1) is 0 Å². The van der Waals surface area contributed by atoms with Crippen LogP contribution in [0.1, 0.15) is 114 Å². The molecule has 63 heavy (non-hydrogen) atoms. The molecule has 0 radical (unpaired) electrons.